The van der Waals surface area contributed by atoms with Gasteiger partial charge in [-0.05, 0) is 19.8 Å². The van der Waals surface area contributed by atoms with E-state index in [0.29, 0.717) is 12.8 Å². The van der Waals surface area contributed by atoms with Crippen molar-refractivity contribution in [3.05, 3.63) is 0 Å². The number of carbonyl (C=O) groups excluding carboxylic acids is 1. The molecule has 0 spiro atoms. The molecule has 1 aliphatic heterocycles. The summed E-state index contributed by atoms with van der Waals surface area (Å²) >= 11 is 0. The maximum absolute atomic E-state index is 13.1. The maximum Gasteiger partial charge on any atom is 0.271 e. The van der Waals surface area contributed by atoms with Crippen LogP contribution in [0.4, 0.5) is 8.78 Å². The Kier molecular flexibility index (Phi) is 3.44. The summed E-state index contributed by atoms with van der Waals surface area (Å²) in [5.74, 6) is -2.90. The fourth-order valence-electron chi connectivity index (χ4n) is 2.07. The van der Waals surface area contributed by atoms with Crippen LogP contribution in [0.5, 0.6) is 0 Å². The number of rotatable bonds is 1. The Morgan fingerprint density at radius 2 is 1.81 bits per heavy atom. The molecular weight excluding hydrogens is 214 g/mol. The first-order valence-corrected chi connectivity index (χ1v) is 5.64. The summed E-state index contributed by atoms with van der Waals surface area (Å²) in [7, 11) is 0. The minimum absolute atomic E-state index is 0.0994. The number of ketones is 1. The van der Waals surface area contributed by atoms with E-state index in [0.717, 1.165) is 0 Å². The molecule has 0 N–H and O–H groups in total. The Hall–Kier alpha value is -0.510. The molecule has 1 rings (SSSR count). The molecule has 0 bridgehead atoms. The number of hydrogen-bond donors (Lipinski definition) is 0. The Bertz CT molecular complexity index is 281. The van der Waals surface area contributed by atoms with Crippen molar-refractivity contribution >= 4 is 5.78 Å². The zero-order valence-corrected chi connectivity index (χ0v) is 10.4. The lowest BCUT2D eigenvalue weighted by molar-refractivity contribution is -0.161. The zero-order valence-electron chi connectivity index (χ0n) is 10.4. The second-order valence-electron chi connectivity index (χ2n) is 5.81. The fraction of sp³-hybridized carbons (Fsp3) is 0.917. The minimum Gasteiger partial charge on any atom is -0.361 e. The van der Waals surface area contributed by atoms with Crippen molar-refractivity contribution in [2.75, 3.05) is 6.61 Å². The Morgan fingerprint density at radius 1 is 1.25 bits per heavy atom. The molecule has 94 valence electrons. The number of ether oxygens (including phenoxy) is 1. The van der Waals surface area contributed by atoms with Gasteiger partial charge in [0, 0.05) is 11.8 Å². The van der Waals surface area contributed by atoms with Crippen LogP contribution in [0.2, 0.25) is 0 Å². The van der Waals surface area contributed by atoms with Gasteiger partial charge in [-0.3, -0.25) is 4.79 Å². The Morgan fingerprint density at radius 3 is 2.31 bits per heavy atom. The molecule has 1 saturated heterocycles. The number of carbonyl (C=O) groups is 1. The summed E-state index contributed by atoms with van der Waals surface area (Å²) in [6.45, 7) is 6.33. The van der Waals surface area contributed by atoms with Crippen molar-refractivity contribution in [3.8, 4) is 0 Å². The van der Waals surface area contributed by atoms with E-state index in [9.17, 15) is 13.6 Å². The van der Waals surface area contributed by atoms with Crippen LogP contribution < -0.4 is 0 Å². The van der Waals surface area contributed by atoms with Gasteiger partial charge in [0.25, 0.3) is 5.92 Å². The normalized spacial score (nSPS) is 30.9. The van der Waals surface area contributed by atoms with Crippen molar-refractivity contribution in [1.82, 2.24) is 0 Å². The smallest absolute Gasteiger partial charge is 0.271 e. The summed E-state index contributed by atoms with van der Waals surface area (Å²) in [5.41, 5.74) is -1.62. The summed E-state index contributed by atoms with van der Waals surface area (Å²) < 4.78 is 31.5. The molecule has 1 heterocycles. The monoisotopic (exact) mass is 234 g/mol. The van der Waals surface area contributed by atoms with Crippen molar-refractivity contribution in [2.24, 2.45) is 5.41 Å². The fourth-order valence-corrected chi connectivity index (χ4v) is 2.07. The Labute approximate surface area is 95.4 Å². The van der Waals surface area contributed by atoms with Crippen LogP contribution in [0.25, 0.3) is 0 Å². The third-order valence-corrected chi connectivity index (χ3v) is 2.96. The highest BCUT2D eigenvalue weighted by Gasteiger charge is 2.45. The molecule has 1 fully saturated rings. The van der Waals surface area contributed by atoms with E-state index in [2.05, 4.69) is 0 Å². The summed E-state index contributed by atoms with van der Waals surface area (Å²) in [6.07, 6.45) is 0.504. The van der Waals surface area contributed by atoms with Gasteiger partial charge < -0.3 is 4.74 Å². The van der Waals surface area contributed by atoms with Crippen LogP contribution >= 0.6 is 0 Å². The second-order valence-corrected chi connectivity index (χ2v) is 5.81. The van der Waals surface area contributed by atoms with Gasteiger partial charge in [-0.1, -0.05) is 20.8 Å². The van der Waals surface area contributed by atoms with E-state index in [4.69, 9.17) is 4.74 Å². The molecule has 0 radical (unpaired) electrons. The predicted molar refractivity (Wildman–Crippen MR) is 57.6 cm³/mol. The molecule has 4 heteroatoms. The van der Waals surface area contributed by atoms with Crippen molar-refractivity contribution in [3.63, 3.8) is 0 Å². The molecule has 0 aromatic rings. The molecule has 0 aliphatic carbocycles. The summed E-state index contributed by atoms with van der Waals surface area (Å²) in [4.78, 5) is 12.1. The minimum atomic E-state index is -2.80. The average Bonchev–Trinajstić information content (AvgIpc) is 2.24. The molecule has 0 unspecified atom stereocenters. The van der Waals surface area contributed by atoms with Crippen molar-refractivity contribution < 1.29 is 18.3 Å². The molecule has 2 nitrogen and oxygen atoms in total. The largest absolute Gasteiger partial charge is 0.361 e. The lowest BCUT2D eigenvalue weighted by Crippen LogP contribution is -2.45. The molecular formula is C12H20F2O2. The highest BCUT2D eigenvalue weighted by Crippen LogP contribution is 2.36. The third-order valence-electron chi connectivity index (χ3n) is 2.96. The number of Topliss-reactive ketones (excluding diaryl/α,β-unsaturated/α-hetero) is 1. The average molecular weight is 234 g/mol. The highest BCUT2D eigenvalue weighted by atomic mass is 19.3. The lowest BCUT2D eigenvalue weighted by Gasteiger charge is -2.33. The standard InChI is InChI=1S/C12H20F2O2/c1-10(2,3)9(15)11(4)6-5-7-12(13,14)8-16-11/h5-8H2,1-4H3/t11-/m1/s1. The summed E-state index contributed by atoms with van der Waals surface area (Å²) in [5, 5.41) is 0. The summed E-state index contributed by atoms with van der Waals surface area (Å²) in [6, 6.07) is 0. The SMILES string of the molecule is CC(C)(C)C(=O)[C@@]1(C)CCCC(F)(F)CO1. The molecule has 1 aliphatic rings. The lowest BCUT2D eigenvalue weighted by atomic mass is 9.79. The number of halogens is 2. The first kappa shape index (κ1) is 13.6. The van der Waals surface area contributed by atoms with Crippen LogP contribution in [0.15, 0.2) is 0 Å². The van der Waals surface area contributed by atoms with Crippen LogP contribution in [-0.4, -0.2) is 23.9 Å². The maximum atomic E-state index is 13.1. The van der Waals surface area contributed by atoms with Gasteiger partial charge in [0.05, 0.1) is 0 Å². The first-order valence-electron chi connectivity index (χ1n) is 5.64. The third kappa shape index (κ3) is 3.00. The molecule has 0 aromatic carbocycles. The van der Waals surface area contributed by atoms with Gasteiger partial charge in [-0.2, -0.15) is 0 Å². The highest BCUT2D eigenvalue weighted by molar-refractivity contribution is 5.91. The van der Waals surface area contributed by atoms with E-state index >= 15 is 0 Å². The molecule has 1 atom stereocenters. The zero-order chi connectivity index (χ0) is 12.6. The van der Waals surface area contributed by atoms with Gasteiger partial charge >= 0.3 is 0 Å². The molecule has 0 saturated carbocycles. The van der Waals surface area contributed by atoms with E-state index in [1.807, 2.05) is 0 Å². The molecule has 0 aromatic heterocycles. The van der Waals surface area contributed by atoms with Gasteiger partial charge in [0.1, 0.15) is 12.2 Å². The van der Waals surface area contributed by atoms with Crippen LogP contribution in [0.3, 0.4) is 0 Å². The van der Waals surface area contributed by atoms with Crippen LogP contribution in [0, 0.1) is 5.41 Å². The number of alkyl halides is 2. The number of hydrogen-bond acceptors (Lipinski definition) is 2. The van der Waals surface area contributed by atoms with Gasteiger partial charge in [-0.15, -0.1) is 0 Å². The second kappa shape index (κ2) is 4.06. The molecule has 16 heavy (non-hydrogen) atoms. The predicted octanol–water partition coefficient (Wildman–Crippen LogP) is 3.20. The van der Waals surface area contributed by atoms with Crippen molar-refractivity contribution in [2.45, 2.75) is 58.5 Å². The Balaban J connectivity index is 2.83. The van der Waals surface area contributed by atoms with E-state index < -0.39 is 23.5 Å². The van der Waals surface area contributed by atoms with Gasteiger partial charge in [-0.25, -0.2) is 8.78 Å². The van der Waals surface area contributed by atoms with Crippen molar-refractivity contribution in [1.29, 1.82) is 0 Å². The van der Waals surface area contributed by atoms with E-state index in [1.54, 1.807) is 27.7 Å². The van der Waals surface area contributed by atoms with Gasteiger partial charge in [0.2, 0.25) is 0 Å². The van der Waals surface area contributed by atoms with Gasteiger partial charge in [0.15, 0.2) is 5.78 Å². The topological polar surface area (TPSA) is 26.3 Å². The van der Waals surface area contributed by atoms with E-state index in [-0.39, 0.29) is 12.2 Å². The first-order chi connectivity index (χ1) is 7.07. The quantitative estimate of drug-likeness (QED) is 0.696. The van der Waals surface area contributed by atoms with Crippen LogP contribution in [-0.2, 0) is 9.53 Å². The van der Waals surface area contributed by atoms with Crippen LogP contribution in [0.1, 0.15) is 47.0 Å². The molecule has 0 amide bonds. The van der Waals surface area contributed by atoms with E-state index in [1.165, 1.54) is 0 Å².